The molecule has 2 aromatic rings. The summed E-state index contributed by atoms with van der Waals surface area (Å²) >= 11 is 5.98. The van der Waals surface area contributed by atoms with Crippen LogP contribution in [0.25, 0.3) is 11.1 Å². The molecule has 5 nitrogen and oxygen atoms in total. The van der Waals surface area contributed by atoms with Crippen LogP contribution in [0.1, 0.15) is 25.8 Å². The van der Waals surface area contributed by atoms with Crippen molar-refractivity contribution >= 4 is 30.5 Å². The Morgan fingerprint density at radius 2 is 1.74 bits per heavy atom. The number of ether oxygens (including phenoxy) is 2. The first-order valence-electron chi connectivity index (χ1n) is 10.2. The second kappa shape index (κ2) is 9.41. The molecule has 8 heteroatoms. The molecular weight excluding hydrogens is 422 g/mol. The number of hydrogen-bond donors (Lipinski definition) is 1. The lowest BCUT2D eigenvalue weighted by Crippen LogP contribution is -2.47. The molecular formula is C23H25BClFO5. The van der Waals surface area contributed by atoms with E-state index >= 15 is 0 Å². The topological polar surface area (TPSA) is 72.8 Å². The van der Waals surface area contributed by atoms with Crippen LogP contribution in [0.2, 0.25) is 18.2 Å². The average Bonchev–Trinajstić information content (AvgIpc) is 2.66. The van der Waals surface area contributed by atoms with Crippen LogP contribution in [0.15, 0.2) is 42.5 Å². The van der Waals surface area contributed by atoms with Gasteiger partial charge in [0.1, 0.15) is 5.82 Å². The molecule has 164 valence electrons. The monoisotopic (exact) mass is 446 g/mol. The molecule has 0 spiro atoms. The van der Waals surface area contributed by atoms with Crippen molar-refractivity contribution in [3.63, 3.8) is 0 Å². The number of carbonyl (C=O) groups is 2. The van der Waals surface area contributed by atoms with E-state index in [4.69, 9.17) is 21.1 Å². The smallest absolute Gasteiger partial charge is 0.323 e. The van der Waals surface area contributed by atoms with Crippen molar-refractivity contribution in [1.29, 1.82) is 0 Å². The second-order valence-corrected chi connectivity index (χ2v) is 8.94. The number of rotatable bonds is 7. The van der Waals surface area contributed by atoms with E-state index in [0.29, 0.717) is 28.9 Å². The summed E-state index contributed by atoms with van der Waals surface area (Å²) in [5, 5.41) is 10.4. The van der Waals surface area contributed by atoms with Gasteiger partial charge in [0.05, 0.1) is 0 Å². The van der Waals surface area contributed by atoms with Crippen LogP contribution in [0.4, 0.5) is 4.39 Å². The maximum Gasteiger partial charge on any atom is 0.323 e. The van der Waals surface area contributed by atoms with E-state index in [1.807, 2.05) is 12.1 Å². The summed E-state index contributed by atoms with van der Waals surface area (Å²) in [7, 11) is 0. The molecule has 3 rings (SSSR count). The number of hydrogen-bond acceptors (Lipinski definition) is 5. The molecule has 1 aliphatic rings. The molecule has 1 saturated heterocycles. The molecule has 1 atom stereocenters. The summed E-state index contributed by atoms with van der Waals surface area (Å²) < 4.78 is 24.5. The first kappa shape index (κ1) is 23.3. The Bertz CT molecular complexity index is 941. The number of cyclic esters (lactones) is 2. The SMILES string of the molecule is CB(O)C[C@H](Cc1ccc(-c2cc(Cl)ccc2F)cc1)CC1C(=O)OC(C)(C)OC1=O. The van der Waals surface area contributed by atoms with Crippen molar-refractivity contribution in [2.75, 3.05) is 0 Å². The first-order valence-corrected chi connectivity index (χ1v) is 10.6. The summed E-state index contributed by atoms with van der Waals surface area (Å²) in [5.74, 6) is -4.01. The fourth-order valence-electron chi connectivity index (χ4n) is 3.89. The minimum atomic E-state index is -1.27. The van der Waals surface area contributed by atoms with Crippen molar-refractivity contribution in [1.82, 2.24) is 0 Å². The van der Waals surface area contributed by atoms with Crippen molar-refractivity contribution in [2.45, 2.75) is 45.6 Å². The van der Waals surface area contributed by atoms with Crippen LogP contribution < -0.4 is 0 Å². The van der Waals surface area contributed by atoms with E-state index in [9.17, 15) is 19.0 Å². The molecule has 1 heterocycles. The third-order valence-corrected chi connectivity index (χ3v) is 5.46. The van der Waals surface area contributed by atoms with Crippen LogP contribution in [0.5, 0.6) is 0 Å². The second-order valence-electron chi connectivity index (χ2n) is 8.51. The van der Waals surface area contributed by atoms with E-state index < -0.39 is 30.6 Å². The van der Waals surface area contributed by atoms with Gasteiger partial charge in [-0.25, -0.2) is 4.39 Å². The number of benzene rings is 2. The molecule has 0 bridgehead atoms. The van der Waals surface area contributed by atoms with Gasteiger partial charge in [-0.15, -0.1) is 0 Å². The highest BCUT2D eigenvalue weighted by atomic mass is 35.5. The molecule has 0 aliphatic carbocycles. The Morgan fingerprint density at radius 3 is 2.32 bits per heavy atom. The van der Waals surface area contributed by atoms with Crippen LogP contribution >= 0.6 is 11.6 Å². The molecule has 2 aromatic carbocycles. The van der Waals surface area contributed by atoms with Crippen LogP contribution in [0, 0.1) is 17.7 Å². The van der Waals surface area contributed by atoms with Gasteiger partial charge in [-0.2, -0.15) is 0 Å². The summed E-state index contributed by atoms with van der Waals surface area (Å²) in [6.45, 7) is 4.09. The Balaban J connectivity index is 1.74. The van der Waals surface area contributed by atoms with Gasteiger partial charge in [-0.1, -0.05) is 42.7 Å². The summed E-state index contributed by atoms with van der Waals surface area (Å²) in [5.41, 5.74) is 2.04. The van der Waals surface area contributed by atoms with Gasteiger partial charge in [0.25, 0.3) is 12.7 Å². The molecule has 0 amide bonds. The van der Waals surface area contributed by atoms with Crippen molar-refractivity contribution < 1.29 is 28.5 Å². The van der Waals surface area contributed by atoms with Gasteiger partial charge in [-0.3, -0.25) is 9.59 Å². The summed E-state index contributed by atoms with van der Waals surface area (Å²) in [6.07, 6.45) is 1.15. The molecule has 1 fully saturated rings. The Hall–Kier alpha value is -2.38. The van der Waals surface area contributed by atoms with E-state index in [1.54, 1.807) is 25.0 Å². The molecule has 0 saturated carbocycles. The van der Waals surface area contributed by atoms with Gasteiger partial charge < -0.3 is 14.5 Å². The zero-order valence-corrected chi connectivity index (χ0v) is 18.5. The van der Waals surface area contributed by atoms with Gasteiger partial charge in [0.15, 0.2) is 5.92 Å². The molecule has 31 heavy (non-hydrogen) atoms. The lowest BCUT2D eigenvalue weighted by Gasteiger charge is -2.34. The quantitative estimate of drug-likeness (QED) is 0.377. The van der Waals surface area contributed by atoms with Gasteiger partial charge in [0, 0.05) is 24.4 Å². The van der Waals surface area contributed by atoms with Crippen molar-refractivity contribution in [3.05, 3.63) is 58.9 Å². The fraction of sp³-hybridized carbons (Fsp3) is 0.391. The number of halogens is 2. The minimum absolute atomic E-state index is 0.153. The summed E-state index contributed by atoms with van der Waals surface area (Å²) in [6, 6.07) is 11.7. The van der Waals surface area contributed by atoms with Crippen molar-refractivity contribution in [2.24, 2.45) is 11.8 Å². The standard InChI is InChI=1S/C23H25BClFO5/c1-23(2)30-21(27)19(22(28)31-23)11-15(13-24(3)29)10-14-4-6-16(7-5-14)18-12-17(25)8-9-20(18)26/h4-9,12,15,19,29H,10-11,13H2,1-3H3/t15-/m1/s1. The Morgan fingerprint density at radius 1 is 1.13 bits per heavy atom. The zero-order chi connectivity index (χ0) is 22.8. The van der Waals surface area contributed by atoms with Gasteiger partial charge in [0.2, 0.25) is 0 Å². The lowest BCUT2D eigenvalue weighted by molar-refractivity contribution is -0.240. The molecule has 0 unspecified atom stereocenters. The number of carbonyl (C=O) groups excluding carboxylic acids is 2. The number of esters is 2. The zero-order valence-electron chi connectivity index (χ0n) is 17.7. The van der Waals surface area contributed by atoms with E-state index in [0.717, 1.165) is 5.56 Å². The van der Waals surface area contributed by atoms with E-state index in [-0.39, 0.29) is 18.2 Å². The van der Waals surface area contributed by atoms with Crippen LogP contribution in [-0.2, 0) is 25.5 Å². The highest BCUT2D eigenvalue weighted by Crippen LogP contribution is 2.31. The lowest BCUT2D eigenvalue weighted by atomic mass is 9.62. The molecule has 0 aromatic heterocycles. The van der Waals surface area contributed by atoms with Crippen LogP contribution in [0.3, 0.4) is 0 Å². The third-order valence-electron chi connectivity index (χ3n) is 5.22. The van der Waals surface area contributed by atoms with Gasteiger partial charge >= 0.3 is 11.9 Å². The van der Waals surface area contributed by atoms with Crippen molar-refractivity contribution in [3.8, 4) is 11.1 Å². The first-order chi connectivity index (χ1) is 14.5. The molecule has 1 aliphatic heterocycles. The predicted molar refractivity (Wildman–Crippen MR) is 117 cm³/mol. The maximum absolute atomic E-state index is 14.1. The average molecular weight is 447 g/mol. The van der Waals surface area contributed by atoms with E-state index in [1.165, 1.54) is 26.0 Å². The fourth-order valence-corrected chi connectivity index (χ4v) is 4.06. The van der Waals surface area contributed by atoms with Gasteiger partial charge in [-0.05, 0) is 54.4 Å². The summed E-state index contributed by atoms with van der Waals surface area (Å²) in [4.78, 5) is 24.6. The Kier molecular flexibility index (Phi) is 7.07. The normalized spacial score (nSPS) is 17.1. The third kappa shape index (κ3) is 6.08. The highest BCUT2D eigenvalue weighted by Gasteiger charge is 2.44. The largest absolute Gasteiger partial charge is 0.451 e. The Labute approximate surface area is 186 Å². The van der Waals surface area contributed by atoms with Crippen LogP contribution in [-0.4, -0.2) is 29.7 Å². The molecule has 0 radical (unpaired) electrons. The van der Waals surface area contributed by atoms with E-state index in [2.05, 4.69) is 0 Å². The predicted octanol–water partition coefficient (Wildman–Crippen LogP) is 4.76. The minimum Gasteiger partial charge on any atom is -0.451 e. The maximum atomic E-state index is 14.1. The highest BCUT2D eigenvalue weighted by molar-refractivity contribution is 6.48. The molecule has 1 N–H and O–H groups in total.